The van der Waals surface area contributed by atoms with Gasteiger partial charge in [-0.25, -0.2) is 4.99 Å². The number of carbonyl (C=O) groups is 1. The van der Waals surface area contributed by atoms with E-state index in [9.17, 15) is 9.90 Å². The molecule has 116 valence electrons. The molecule has 1 aromatic carbocycles. The van der Waals surface area contributed by atoms with E-state index < -0.39 is 5.60 Å². The van der Waals surface area contributed by atoms with Crippen LogP contribution in [-0.4, -0.2) is 36.2 Å². The highest BCUT2D eigenvalue weighted by Crippen LogP contribution is 2.40. The number of amidine groups is 1. The van der Waals surface area contributed by atoms with Crippen molar-refractivity contribution in [2.45, 2.75) is 32.8 Å². The summed E-state index contributed by atoms with van der Waals surface area (Å²) in [6.07, 6.45) is 0.391. The zero-order valence-corrected chi connectivity index (χ0v) is 13.7. The monoisotopic (exact) mass is 306 g/mol. The minimum absolute atomic E-state index is 0.179. The number of carbonyl (C=O) groups excluding carboxylic acids is 1. The van der Waals surface area contributed by atoms with Gasteiger partial charge in [-0.15, -0.1) is 0 Å². The van der Waals surface area contributed by atoms with E-state index in [0.29, 0.717) is 31.7 Å². The van der Waals surface area contributed by atoms with Crippen LogP contribution in [0.15, 0.2) is 51.5 Å². The predicted molar refractivity (Wildman–Crippen MR) is 93.1 cm³/mol. The fourth-order valence-corrected chi connectivity index (χ4v) is 3.69. The summed E-state index contributed by atoms with van der Waals surface area (Å²) in [5.41, 5.74) is 4.27. The van der Waals surface area contributed by atoms with Crippen molar-refractivity contribution in [3.05, 3.63) is 52.0 Å². The number of nitrogens with zero attached hydrogens (tertiary/aromatic N) is 2. The van der Waals surface area contributed by atoms with E-state index in [1.54, 1.807) is 0 Å². The van der Waals surface area contributed by atoms with Crippen LogP contribution >= 0.6 is 0 Å². The summed E-state index contributed by atoms with van der Waals surface area (Å²) < 4.78 is 0. The maximum Gasteiger partial charge on any atom is 0.212 e. The van der Waals surface area contributed by atoms with Crippen molar-refractivity contribution in [3.63, 3.8) is 0 Å². The third-order valence-corrected chi connectivity index (χ3v) is 5.25. The Balaban J connectivity index is 1.81. The Hall–Kier alpha value is -2.14. The summed E-state index contributed by atoms with van der Waals surface area (Å²) in [7, 11) is 0.703. The van der Waals surface area contributed by atoms with Gasteiger partial charge in [0, 0.05) is 29.8 Å². The normalized spacial score (nSPS) is 26.3. The standard InChI is InChI=1S/C18H19BN2O2/c1-10-4-6-13(7-5-10)21-9-8-18(23)15(22)14-11(2)12(3)19-16(14)20-17(18)21/h4-7,19,23H,8-9H2,1-3H3/t18-/m1/s1. The number of aliphatic hydroxyl groups is 1. The summed E-state index contributed by atoms with van der Waals surface area (Å²) >= 11 is 0. The predicted octanol–water partition coefficient (Wildman–Crippen LogP) is 1.87. The van der Waals surface area contributed by atoms with Crippen molar-refractivity contribution in [2.75, 3.05) is 11.4 Å². The zero-order chi connectivity index (χ0) is 16.4. The number of hydrogen-bond acceptors (Lipinski definition) is 4. The van der Waals surface area contributed by atoms with Crippen LogP contribution in [0, 0.1) is 6.92 Å². The number of ketones is 1. The first-order valence-electron chi connectivity index (χ1n) is 8.02. The van der Waals surface area contributed by atoms with Crippen molar-refractivity contribution in [1.82, 2.24) is 0 Å². The van der Waals surface area contributed by atoms with Gasteiger partial charge < -0.3 is 10.0 Å². The molecule has 0 bridgehead atoms. The van der Waals surface area contributed by atoms with E-state index >= 15 is 0 Å². The maximum atomic E-state index is 12.9. The summed E-state index contributed by atoms with van der Waals surface area (Å²) in [5, 5.41) is 11.0. The first-order valence-corrected chi connectivity index (χ1v) is 8.02. The molecule has 1 fully saturated rings. The van der Waals surface area contributed by atoms with Crippen molar-refractivity contribution < 1.29 is 9.90 Å². The molecule has 4 nitrogen and oxygen atoms in total. The Morgan fingerprint density at radius 3 is 2.61 bits per heavy atom. The number of aryl methyl sites for hydroxylation is 1. The van der Waals surface area contributed by atoms with Gasteiger partial charge in [-0.1, -0.05) is 30.1 Å². The van der Waals surface area contributed by atoms with E-state index in [1.165, 1.54) is 5.56 Å². The number of anilines is 1. The number of fused-ring (bicyclic) bond motifs is 1. The van der Waals surface area contributed by atoms with Gasteiger partial charge in [-0.3, -0.25) is 4.79 Å². The Morgan fingerprint density at radius 1 is 1.22 bits per heavy atom. The number of rotatable bonds is 1. The van der Waals surface area contributed by atoms with Gasteiger partial charge >= 0.3 is 0 Å². The lowest BCUT2D eigenvalue weighted by atomic mass is 9.69. The fraction of sp³-hybridized carbons (Fsp3) is 0.333. The molecule has 1 saturated heterocycles. The minimum atomic E-state index is -1.48. The summed E-state index contributed by atoms with van der Waals surface area (Å²) in [4.78, 5) is 19.6. The molecule has 0 radical (unpaired) electrons. The highest BCUT2D eigenvalue weighted by molar-refractivity contribution is 6.58. The first kappa shape index (κ1) is 14.5. The van der Waals surface area contributed by atoms with Gasteiger partial charge in [0.25, 0.3) is 0 Å². The number of benzene rings is 1. The molecule has 3 aliphatic rings. The van der Waals surface area contributed by atoms with Crippen LogP contribution in [-0.2, 0) is 4.79 Å². The van der Waals surface area contributed by atoms with Gasteiger partial charge in [0.05, 0.1) is 0 Å². The molecule has 5 heteroatoms. The van der Waals surface area contributed by atoms with E-state index in [2.05, 4.69) is 0 Å². The quantitative estimate of drug-likeness (QED) is 0.806. The van der Waals surface area contributed by atoms with Crippen molar-refractivity contribution in [2.24, 2.45) is 4.99 Å². The molecule has 4 rings (SSSR count). The van der Waals surface area contributed by atoms with Crippen LogP contribution in [0.5, 0.6) is 0 Å². The van der Waals surface area contributed by atoms with Gasteiger partial charge in [0.1, 0.15) is 5.84 Å². The molecule has 23 heavy (non-hydrogen) atoms. The van der Waals surface area contributed by atoms with E-state index in [-0.39, 0.29) is 5.78 Å². The Morgan fingerprint density at radius 2 is 1.91 bits per heavy atom. The van der Waals surface area contributed by atoms with Crippen LogP contribution in [0.25, 0.3) is 0 Å². The number of allylic oxidation sites excluding steroid dienone is 2. The zero-order valence-electron chi connectivity index (χ0n) is 13.7. The lowest BCUT2D eigenvalue weighted by Crippen LogP contribution is -2.50. The minimum Gasteiger partial charge on any atom is -0.374 e. The lowest BCUT2D eigenvalue weighted by Gasteiger charge is -2.30. The second-order valence-electron chi connectivity index (χ2n) is 6.77. The highest BCUT2D eigenvalue weighted by Gasteiger charge is 2.54. The summed E-state index contributed by atoms with van der Waals surface area (Å²) in [6, 6.07) is 8.10. The number of aliphatic imine (C=N–C) groups is 1. The maximum absolute atomic E-state index is 12.9. The molecule has 0 aliphatic carbocycles. The molecular weight excluding hydrogens is 287 g/mol. The molecule has 3 heterocycles. The molecule has 1 atom stereocenters. The Bertz CT molecular complexity index is 820. The van der Waals surface area contributed by atoms with Crippen molar-refractivity contribution >= 4 is 24.6 Å². The van der Waals surface area contributed by atoms with Crippen LogP contribution in [0.4, 0.5) is 5.69 Å². The Labute approximate surface area is 136 Å². The van der Waals surface area contributed by atoms with Gasteiger partial charge in [0.2, 0.25) is 13.1 Å². The van der Waals surface area contributed by atoms with Crippen LogP contribution in [0.3, 0.4) is 0 Å². The summed E-state index contributed by atoms with van der Waals surface area (Å²) in [6.45, 7) is 6.62. The average molecular weight is 306 g/mol. The molecule has 0 amide bonds. The lowest BCUT2D eigenvalue weighted by molar-refractivity contribution is -0.127. The molecule has 3 aliphatic heterocycles. The third-order valence-electron chi connectivity index (χ3n) is 5.25. The fourth-order valence-electron chi connectivity index (χ4n) is 3.69. The second-order valence-corrected chi connectivity index (χ2v) is 6.77. The molecule has 0 saturated carbocycles. The topological polar surface area (TPSA) is 52.9 Å². The van der Waals surface area contributed by atoms with Crippen LogP contribution < -0.4 is 4.90 Å². The molecule has 0 spiro atoms. The van der Waals surface area contributed by atoms with E-state index in [0.717, 1.165) is 22.3 Å². The van der Waals surface area contributed by atoms with E-state index in [4.69, 9.17) is 4.99 Å². The first-order chi connectivity index (χ1) is 10.9. The SMILES string of the molecule is CC1=C(C)C2=C(B1)N=C1N(c3ccc(C)cc3)CC[C@@]1(O)C2=O. The van der Waals surface area contributed by atoms with Crippen molar-refractivity contribution in [3.8, 4) is 0 Å². The summed E-state index contributed by atoms with van der Waals surface area (Å²) in [5.74, 6) is 0.314. The van der Waals surface area contributed by atoms with Gasteiger partial charge in [0.15, 0.2) is 5.60 Å². The van der Waals surface area contributed by atoms with E-state index in [1.807, 2.05) is 49.9 Å². The Kier molecular flexibility index (Phi) is 2.94. The molecule has 0 aromatic heterocycles. The second kappa shape index (κ2) is 4.68. The van der Waals surface area contributed by atoms with Gasteiger partial charge in [-0.2, -0.15) is 0 Å². The molecule has 1 N–H and O–H groups in total. The van der Waals surface area contributed by atoms with Crippen molar-refractivity contribution in [1.29, 1.82) is 0 Å². The van der Waals surface area contributed by atoms with Crippen LogP contribution in [0.1, 0.15) is 25.8 Å². The number of Topliss-reactive ketones (excluding diaryl/α,β-unsaturated/α-hetero) is 1. The molecule has 0 unspecified atom stereocenters. The third kappa shape index (κ3) is 1.89. The number of hydrogen-bond donors (Lipinski definition) is 1. The molecule has 1 aromatic rings. The highest BCUT2D eigenvalue weighted by atomic mass is 16.3. The largest absolute Gasteiger partial charge is 0.374 e. The van der Waals surface area contributed by atoms with Crippen LogP contribution in [0.2, 0.25) is 0 Å². The average Bonchev–Trinajstić information content (AvgIpc) is 3.00. The smallest absolute Gasteiger partial charge is 0.212 e. The van der Waals surface area contributed by atoms with Gasteiger partial charge in [-0.05, 0) is 31.6 Å². The molecular formula is C18H19BN2O2.